The second-order valence-electron chi connectivity index (χ2n) is 3.00. The molecule has 0 saturated heterocycles. The summed E-state index contributed by atoms with van der Waals surface area (Å²) in [6.07, 6.45) is 1.000. The molecule has 1 rings (SSSR count). The van der Waals surface area contributed by atoms with E-state index in [2.05, 4.69) is 0 Å². The first-order valence-electron chi connectivity index (χ1n) is 4.47. The molecule has 15 heavy (non-hydrogen) atoms. The Morgan fingerprint density at radius 2 is 1.93 bits per heavy atom. The molecule has 0 bridgehead atoms. The Bertz CT molecular complexity index is 501. The summed E-state index contributed by atoms with van der Waals surface area (Å²) in [7, 11) is 3.02. The first kappa shape index (κ1) is 11.8. The minimum atomic E-state index is -0.413. The highest BCUT2D eigenvalue weighted by Gasteiger charge is 2.13. The molecule has 5 nitrogen and oxygen atoms in total. The maximum absolute atomic E-state index is 11.7. The fourth-order valence-corrected chi connectivity index (χ4v) is 2.13. The zero-order chi connectivity index (χ0) is 11.6. The lowest BCUT2D eigenvalue weighted by molar-refractivity contribution is 0.633. The van der Waals surface area contributed by atoms with Crippen molar-refractivity contribution < 1.29 is 0 Å². The average Bonchev–Trinajstić information content (AvgIpc) is 2.24. The highest BCUT2D eigenvalue weighted by molar-refractivity contribution is 7.99. The van der Waals surface area contributed by atoms with Crippen LogP contribution >= 0.6 is 11.8 Å². The van der Waals surface area contributed by atoms with Crippen molar-refractivity contribution in [3.63, 3.8) is 0 Å². The SMILES string of the molecule is CCSc1c(C=N)c(=O)n(C)c(=O)n1C. The molecule has 1 N–H and O–H groups in total. The summed E-state index contributed by atoms with van der Waals surface area (Å²) in [6.45, 7) is 1.93. The number of hydrogen-bond acceptors (Lipinski definition) is 4. The largest absolute Gasteiger partial charge is 0.331 e. The minimum absolute atomic E-state index is 0.270. The summed E-state index contributed by atoms with van der Waals surface area (Å²) < 4.78 is 2.41. The average molecular weight is 227 g/mol. The van der Waals surface area contributed by atoms with Crippen LogP contribution in [0.25, 0.3) is 0 Å². The van der Waals surface area contributed by atoms with Gasteiger partial charge in [0.2, 0.25) is 0 Å². The van der Waals surface area contributed by atoms with Crippen molar-refractivity contribution in [2.45, 2.75) is 11.9 Å². The summed E-state index contributed by atoms with van der Waals surface area (Å²) >= 11 is 1.39. The number of nitrogens with one attached hydrogen (secondary N) is 1. The van der Waals surface area contributed by atoms with Crippen LogP contribution in [0.15, 0.2) is 14.6 Å². The van der Waals surface area contributed by atoms with Gasteiger partial charge in [0.1, 0.15) is 0 Å². The predicted octanol–water partition coefficient (Wildman–Crippen LogP) is 0.194. The van der Waals surface area contributed by atoms with Gasteiger partial charge in [-0.1, -0.05) is 6.92 Å². The fraction of sp³-hybridized carbons (Fsp3) is 0.444. The van der Waals surface area contributed by atoms with Gasteiger partial charge in [-0.25, -0.2) is 4.79 Å². The number of hydrogen-bond donors (Lipinski definition) is 1. The van der Waals surface area contributed by atoms with Crippen LogP contribution in [0, 0.1) is 5.41 Å². The van der Waals surface area contributed by atoms with Crippen LogP contribution in [0.5, 0.6) is 0 Å². The van der Waals surface area contributed by atoms with Crippen molar-refractivity contribution >= 4 is 18.0 Å². The van der Waals surface area contributed by atoms with Gasteiger partial charge < -0.3 is 5.41 Å². The van der Waals surface area contributed by atoms with Gasteiger partial charge in [0.15, 0.2) is 0 Å². The van der Waals surface area contributed by atoms with Crippen LogP contribution in [0.4, 0.5) is 0 Å². The molecule has 0 aromatic carbocycles. The van der Waals surface area contributed by atoms with Gasteiger partial charge in [-0.2, -0.15) is 0 Å². The molecule has 1 heterocycles. The van der Waals surface area contributed by atoms with E-state index in [0.717, 1.165) is 16.5 Å². The van der Waals surface area contributed by atoms with E-state index in [4.69, 9.17) is 5.41 Å². The zero-order valence-corrected chi connectivity index (χ0v) is 9.72. The molecule has 0 amide bonds. The number of aromatic nitrogens is 2. The first-order chi connectivity index (χ1) is 7.04. The predicted molar refractivity (Wildman–Crippen MR) is 61.2 cm³/mol. The Labute approximate surface area is 91.2 Å². The third-order valence-electron chi connectivity index (χ3n) is 2.07. The molecule has 0 fully saturated rings. The standard InChI is InChI=1S/C9H13N3O2S/c1-4-15-8-6(5-10)7(13)11(2)9(14)12(8)3/h5,10H,4H2,1-3H3. The van der Waals surface area contributed by atoms with Gasteiger partial charge >= 0.3 is 5.69 Å². The molecule has 0 unspecified atom stereocenters. The van der Waals surface area contributed by atoms with E-state index in [9.17, 15) is 9.59 Å². The lowest BCUT2D eigenvalue weighted by Gasteiger charge is -2.10. The molecule has 0 atom stereocenters. The maximum atomic E-state index is 11.7. The summed E-state index contributed by atoms with van der Waals surface area (Å²) in [5.74, 6) is 0.751. The van der Waals surface area contributed by atoms with E-state index in [1.807, 2.05) is 6.92 Å². The van der Waals surface area contributed by atoms with E-state index in [1.165, 1.54) is 23.4 Å². The van der Waals surface area contributed by atoms with Crippen LogP contribution in [0.2, 0.25) is 0 Å². The monoisotopic (exact) mass is 227 g/mol. The maximum Gasteiger partial charge on any atom is 0.331 e. The first-order valence-corrected chi connectivity index (χ1v) is 5.46. The van der Waals surface area contributed by atoms with Crippen molar-refractivity contribution in [3.05, 3.63) is 26.4 Å². The lowest BCUT2D eigenvalue weighted by atomic mass is 10.3. The fourth-order valence-electron chi connectivity index (χ4n) is 1.29. The van der Waals surface area contributed by atoms with Gasteiger partial charge in [-0.15, -0.1) is 11.8 Å². The van der Waals surface area contributed by atoms with E-state index in [-0.39, 0.29) is 11.3 Å². The Morgan fingerprint density at radius 3 is 2.40 bits per heavy atom. The number of rotatable bonds is 3. The summed E-state index contributed by atoms with van der Waals surface area (Å²) in [4.78, 5) is 23.2. The van der Waals surface area contributed by atoms with Crippen molar-refractivity contribution in [1.29, 1.82) is 5.41 Å². The molecule has 0 saturated carbocycles. The molecule has 6 heteroatoms. The van der Waals surface area contributed by atoms with E-state index in [0.29, 0.717) is 5.03 Å². The van der Waals surface area contributed by atoms with Gasteiger partial charge in [-0.3, -0.25) is 13.9 Å². The Hall–Kier alpha value is -1.30. The molecule has 1 aromatic heterocycles. The third-order valence-corrected chi connectivity index (χ3v) is 3.13. The Balaban J connectivity index is 3.70. The topological polar surface area (TPSA) is 67.8 Å². The zero-order valence-electron chi connectivity index (χ0n) is 8.90. The van der Waals surface area contributed by atoms with Crippen LogP contribution in [0.1, 0.15) is 12.5 Å². The van der Waals surface area contributed by atoms with Crippen molar-refractivity contribution in [3.8, 4) is 0 Å². The summed E-state index contributed by atoms with van der Waals surface area (Å²) in [5, 5.41) is 7.76. The van der Waals surface area contributed by atoms with Gasteiger partial charge in [0, 0.05) is 20.3 Å². The second kappa shape index (κ2) is 4.48. The van der Waals surface area contributed by atoms with Crippen LogP contribution < -0.4 is 11.2 Å². The van der Waals surface area contributed by atoms with E-state index < -0.39 is 5.56 Å². The molecule has 0 aliphatic heterocycles. The summed E-state index contributed by atoms with van der Waals surface area (Å²) in [5.41, 5.74) is -0.503. The smallest absolute Gasteiger partial charge is 0.308 e. The molecular formula is C9H13N3O2S. The normalized spacial score (nSPS) is 10.3. The Kier molecular flexibility index (Phi) is 3.52. The second-order valence-corrected chi connectivity index (χ2v) is 4.25. The molecule has 0 spiro atoms. The van der Waals surface area contributed by atoms with Crippen LogP contribution in [-0.2, 0) is 14.1 Å². The molecule has 0 aliphatic carbocycles. The minimum Gasteiger partial charge on any atom is -0.308 e. The molecule has 0 aliphatic rings. The molecule has 82 valence electrons. The number of thioether (sulfide) groups is 1. The van der Waals surface area contributed by atoms with E-state index >= 15 is 0 Å². The van der Waals surface area contributed by atoms with Gasteiger partial charge in [0.05, 0.1) is 10.6 Å². The summed E-state index contributed by atoms with van der Waals surface area (Å²) in [6, 6.07) is 0. The molecular weight excluding hydrogens is 214 g/mol. The quantitative estimate of drug-likeness (QED) is 0.455. The Morgan fingerprint density at radius 1 is 1.33 bits per heavy atom. The molecule has 0 radical (unpaired) electrons. The highest BCUT2D eigenvalue weighted by Crippen LogP contribution is 2.16. The highest BCUT2D eigenvalue weighted by atomic mass is 32.2. The molecule has 1 aromatic rings. The number of nitrogens with zero attached hydrogens (tertiary/aromatic N) is 2. The van der Waals surface area contributed by atoms with Crippen molar-refractivity contribution in [2.24, 2.45) is 14.1 Å². The van der Waals surface area contributed by atoms with Crippen LogP contribution in [0.3, 0.4) is 0 Å². The third kappa shape index (κ3) is 1.90. The van der Waals surface area contributed by atoms with Crippen molar-refractivity contribution in [2.75, 3.05) is 5.75 Å². The van der Waals surface area contributed by atoms with Crippen LogP contribution in [-0.4, -0.2) is 21.1 Å². The van der Waals surface area contributed by atoms with E-state index in [1.54, 1.807) is 7.05 Å². The lowest BCUT2D eigenvalue weighted by Crippen LogP contribution is -2.39. The van der Waals surface area contributed by atoms with Crippen molar-refractivity contribution in [1.82, 2.24) is 9.13 Å². The van der Waals surface area contributed by atoms with Gasteiger partial charge in [0.25, 0.3) is 5.56 Å². The van der Waals surface area contributed by atoms with Gasteiger partial charge in [-0.05, 0) is 5.75 Å².